The number of carbonyl (C=O) groups excluding carboxylic acids is 1. The highest BCUT2D eigenvalue weighted by Crippen LogP contribution is 2.36. The lowest BCUT2D eigenvalue weighted by Crippen LogP contribution is -2.45. The Labute approximate surface area is 143 Å². The molecule has 0 saturated carbocycles. The van der Waals surface area contributed by atoms with E-state index in [0.29, 0.717) is 5.33 Å². The molecule has 5 heteroatoms. The van der Waals surface area contributed by atoms with Crippen molar-refractivity contribution in [3.63, 3.8) is 0 Å². The minimum absolute atomic E-state index is 0.0823. The zero-order valence-corrected chi connectivity index (χ0v) is 15.3. The number of nitrogens with one attached hydrogen (secondary N) is 1. The van der Waals surface area contributed by atoms with Crippen molar-refractivity contribution in [3.05, 3.63) is 35.9 Å². The molecule has 0 aliphatic carbocycles. The van der Waals surface area contributed by atoms with Crippen LogP contribution in [-0.2, 0) is 15.1 Å². The predicted octanol–water partition coefficient (Wildman–Crippen LogP) is 3.60. The fourth-order valence-electron chi connectivity index (χ4n) is 2.66. The van der Waals surface area contributed by atoms with Crippen LogP contribution in [0.2, 0.25) is 0 Å². The second-order valence-corrected chi connectivity index (χ2v) is 7.56. The van der Waals surface area contributed by atoms with E-state index in [4.69, 9.17) is 4.74 Å². The number of piperidine rings is 1. The molecule has 1 aliphatic heterocycles. The summed E-state index contributed by atoms with van der Waals surface area (Å²) in [6.07, 6.45) is 1.63. The van der Waals surface area contributed by atoms with E-state index < -0.39 is 5.60 Å². The van der Waals surface area contributed by atoms with Gasteiger partial charge in [-0.15, -0.1) is 0 Å². The Morgan fingerprint density at radius 3 is 2.48 bits per heavy atom. The SMILES string of the molecule is CC(Br)C(CBr)C(=O)OC1(c2ccccc2)CCNCC1. The minimum Gasteiger partial charge on any atom is -0.454 e. The smallest absolute Gasteiger partial charge is 0.311 e. The third-order valence-corrected chi connectivity index (χ3v) is 5.37. The highest BCUT2D eigenvalue weighted by molar-refractivity contribution is 9.10. The van der Waals surface area contributed by atoms with E-state index in [1.165, 1.54) is 0 Å². The van der Waals surface area contributed by atoms with Crippen molar-refractivity contribution in [2.45, 2.75) is 30.2 Å². The zero-order valence-electron chi connectivity index (χ0n) is 12.1. The van der Waals surface area contributed by atoms with Crippen LogP contribution < -0.4 is 5.32 Å². The van der Waals surface area contributed by atoms with Crippen molar-refractivity contribution in [1.29, 1.82) is 0 Å². The molecule has 1 aromatic rings. The van der Waals surface area contributed by atoms with Crippen LogP contribution in [0.3, 0.4) is 0 Å². The lowest BCUT2D eigenvalue weighted by Gasteiger charge is -2.38. The molecule has 0 aromatic heterocycles. The summed E-state index contributed by atoms with van der Waals surface area (Å²) in [4.78, 5) is 12.6. The van der Waals surface area contributed by atoms with Gasteiger partial charge in [-0.1, -0.05) is 69.1 Å². The summed E-state index contributed by atoms with van der Waals surface area (Å²) in [5.41, 5.74) is 0.599. The quantitative estimate of drug-likeness (QED) is 0.586. The molecule has 1 saturated heterocycles. The Morgan fingerprint density at radius 1 is 1.33 bits per heavy atom. The van der Waals surface area contributed by atoms with Gasteiger partial charge in [-0.2, -0.15) is 0 Å². The summed E-state index contributed by atoms with van der Waals surface area (Å²) in [7, 11) is 0. The molecule has 116 valence electrons. The second-order valence-electron chi connectivity index (χ2n) is 5.47. The van der Waals surface area contributed by atoms with E-state index in [1.54, 1.807) is 0 Å². The molecule has 21 heavy (non-hydrogen) atoms. The van der Waals surface area contributed by atoms with Gasteiger partial charge in [0.15, 0.2) is 0 Å². The van der Waals surface area contributed by atoms with Crippen molar-refractivity contribution in [2.24, 2.45) is 5.92 Å². The largest absolute Gasteiger partial charge is 0.454 e. The number of ether oxygens (including phenoxy) is 1. The van der Waals surface area contributed by atoms with Crippen LogP contribution in [0.1, 0.15) is 25.3 Å². The summed E-state index contributed by atoms with van der Waals surface area (Å²) in [5, 5.41) is 3.94. The monoisotopic (exact) mass is 417 g/mol. The molecule has 0 bridgehead atoms. The van der Waals surface area contributed by atoms with Gasteiger partial charge in [0.25, 0.3) is 0 Å². The summed E-state index contributed by atoms with van der Waals surface area (Å²) < 4.78 is 6.04. The number of halogens is 2. The van der Waals surface area contributed by atoms with Gasteiger partial charge in [0.05, 0.1) is 5.92 Å². The lowest BCUT2D eigenvalue weighted by molar-refractivity contribution is -0.168. The average molecular weight is 419 g/mol. The number of hydrogen-bond donors (Lipinski definition) is 1. The van der Waals surface area contributed by atoms with E-state index in [2.05, 4.69) is 49.3 Å². The van der Waals surface area contributed by atoms with Gasteiger partial charge in [-0.3, -0.25) is 4.79 Å². The first-order valence-electron chi connectivity index (χ1n) is 7.28. The molecule has 1 fully saturated rings. The van der Waals surface area contributed by atoms with Gasteiger partial charge in [0.2, 0.25) is 0 Å². The molecule has 1 N–H and O–H groups in total. The maximum absolute atomic E-state index is 12.6. The standard InChI is InChI=1S/C16H21Br2NO2/c1-12(18)14(11-17)15(20)21-16(7-9-19-10-8-16)13-5-3-2-4-6-13/h2-6,12,14,19H,7-11H2,1H3. The highest BCUT2D eigenvalue weighted by atomic mass is 79.9. The molecular formula is C16H21Br2NO2. The van der Waals surface area contributed by atoms with Crippen LogP contribution in [0, 0.1) is 5.92 Å². The summed E-state index contributed by atoms with van der Waals surface area (Å²) in [6.45, 7) is 3.71. The molecule has 2 rings (SSSR count). The molecule has 1 aliphatic rings. The Kier molecular flexibility index (Phi) is 6.26. The van der Waals surface area contributed by atoms with Gasteiger partial charge in [0, 0.05) is 23.0 Å². The normalized spacial score (nSPS) is 20.5. The van der Waals surface area contributed by atoms with Crippen LogP contribution >= 0.6 is 31.9 Å². The number of rotatable bonds is 5. The summed E-state index contributed by atoms with van der Waals surface area (Å²) in [6, 6.07) is 10.1. The van der Waals surface area contributed by atoms with Crippen molar-refractivity contribution in [2.75, 3.05) is 18.4 Å². The Bertz CT molecular complexity index is 459. The second kappa shape index (κ2) is 7.75. The van der Waals surface area contributed by atoms with Crippen molar-refractivity contribution >= 4 is 37.8 Å². The molecule has 1 aromatic carbocycles. The molecule has 3 nitrogen and oxygen atoms in total. The van der Waals surface area contributed by atoms with Gasteiger partial charge < -0.3 is 10.1 Å². The Morgan fingerprint density at radius 2 is 1.95 bits per heavy atom. The zero-order chi connectivity index (χ0) is 15.3. The molecular weight excluding hydrogens is 398 g/mol. The summed E-state index contributed by atoms with van der Waals surface area (Å²) in [5.74, 6) is -0.317. The van der Waals surface area contributed by atoms with Gasteiger partial charge in [-0.05, 0) is 18.7 Å². The van der Waals surface area contributed by atoms with E-state index in [1.807, 2.05) is 25.1 Å². The molecule has 2 unspecified atom stereocenters. The van der Waals surface area contributed by atoms with E-state index in [9.17, 15) is 4.79 Å². The van der Waals surface area contributed by atoms with Crippen LogP contribution in [-0.4, -0.2) is 29.2 Å². The summed E-state index contributed by atoms with van der Waals surface area (Å²) >= 11 is 6.91. The van der Waals surface area contributed by atoms with Crippen molar-refractivity contribution < 1.29 is 9.53 Å². The van der Waals surface area contributed by atoms with Crippen LogP contribution in [0.4, 0.5) is 0 Å². The van der Waals surface area contributed by atoms with Gasteiger partial charge >= 0.3 is 5.97 Å². The first-order chi connectivity index (χ1) is 10.1. The van der Waals surface area contributed by atoms with E-state index in [0.717, 1.165) is 31.5 Å². The first kappa shape index (κ1) is 17.0. The maximum atomic E-state index is 12.6. The van der Waals surface area contributed by atoms with Gasteiger partial charge in [0.1, 0.15) is 5.60 Å². The van der Waals surface area contributed by atoms with E-state index >= 15 is 0 Å². The highest BCUT2D eigenvalue weighted by Gasteiger charge is 2.39. The van der Waals surface area contributed by atoms with E-state index in [-0.39, 0.29) is 16.7 Å². The van der Waals surface area contributed by atoms with Crippen LogP contribution in [0.15, 0.2) is 30.3 Å². The molecule has 2 atom stereocenters. The third kappa shape index (κ3) is 4.08. The number of hydrogen-bond acceptors (Lipinski definition) is 3. The average Bonchev–Trinajstić information content (AvgIpc) is 2.49. The topological polar surface area (TPSA) is 38.3 Å². The molecule has 0 amide bonds. The number of carbonyl (C=O) groups is 1. The number of alkyl halides is 2. The third-order valence-electron chi connectivity index (χ3n) is 4.03. The molecule has 0 radical (unpaired) electrons. The van der Waals surface area contributed by atoms with Crippen molar-refractivity contribution in [1.82, 2.24) is 5.32 Å². The Balaban J connectivity index is 2.23. The predicted molar refractivity (Wildman–Crippen MR) is 92.0 cm³/mol. The first-order valence-corrected chi connectivity index (χ1v) is 9.32. The van der Waals surface area contributed by atoms with Crippen LogP contribution in [0.25, 0.3) is 0 Å². The van der Waals surface area contributed by atoms with Crippen LogP contribution in [0.5, 0.6) is 0 Å². The number of esters is 1. The lowest BCUT2D eigenvalue weighted by atomic mass is 9.84. The number of benzene rings is 1. The molecule has 0 spiro atoms. The minimum atomic E-state index is -0.494. The van der Waals surface area contributed by atoms with Gasteiger partial charge in [-0.25, -0.2) is 0 Å². The van der Waals surface area contributed by atoms with Crippen molar-refractivity contribution in [3.8, 4) is 0 Å². The fraction of sp³-hybridized carbons (Fsp3) is 0.562. The molecule has 1 heterocycles. The Hall–Kier alpha value is -0.390. The maximum Gasteiger partial charge on any atom is 0.311 e. The fourth-order valence-corrected chi connectivity index (χ4v) is 4.39.